The van der Waals surface area contributed by atoms with Crippen molar-refractivity contribution in [2.24, 2.45) is 0 Å². The molecule has 31 heavy (non-hydrogen) atoms. The molecule has 0 bridgehead atoms. The SMILES string of the molecule is COCCCOc1cc(CNC(C)C)c(-c2[nH]cc(C(=O)OC)c(=O)c2F)cc1OC. The quantitative estimate of drug-likeness (QED) is 0.413. The average molecular weight is 436 g/mol. The van der Waals surface area contributed by atoms with Crippen LogP contribution in [0.1, 0.15) is 36.2 Å². The van der Waals surface area contributed by atoms with Gasteiger partial charge in [-0.3, -0.25) is 4.79 Å². The molecule has 0 aliphatic heterocycles. The predicted molar refractivity (Wildman–Crippen MR) is 114 cm³/mol. The molecule has 2 aromatic rings. The number of aromatic nitrogens is 1. The second kappa shape index (κ2) is 11.5. The Morgan fingerprint density at radius 3 is 2.52 bits per heavy atom. The molecule has 0 spiro atoms. The van der Waals surface area contributed by atoms with Crippen molar-refractivity contribution in [3.05, 3.63) is 45.5 Å². The molecule has 0 atom stereocenters. The topological polar surface area (TPSA) is 98.9 Å². The van der Waals surface area contributed by atoms with Crippen LogP contribution in [0.5, 0.6) is 11.5 Å². The third-order valence-electron chi connectivity index (χ3n) is 4.54. The number of nitrogens with one attached hydrogen (secondary N) is 2. The van der Waals surface area contributed by atoms with Gasteiger partial charge in [0.05, 0.1) is 26.5 Å². The monoisotopic (exact) mass is 436 g/mol. The molecule has 2 N–H and O–H groups in total. The number of hydrogen-bond acceptors (Lipinski definition) is 7. The fourth-order valence-corrected chi connectivity index (χ4v) is 2.92. The summed E-state index contributed by atoms with van der Waals surface area (Å²) in [6, 6.07) is 3.53. The average Bonchev–Trinajstić information content (AvgIpc) is 2.76. The van der Waals surface area contributed by atoms with Gasteiger partial charge in [0, 0.05) is 44.5 Å². The zero-order valence-electron chi connectivity index (χ0n) is 18.5. The number of esters is 1. The van der Waals surface area contributed by atoms with E-state index >= 15 is 0 Å². The number of halogens is 1. The minimum Gasteiger partial charge on any atom is -0.493 e. The third kappa shape index (κ3) is 6.05. The summed E-state index contributed by atoms with van der Waals surface area (Å²) in [7, 11) is 4.22. The lowest BCUT2D eigenvalue weighted by molar-refractivity contribution is 0.0598. The first-order valence-electron chi connectivity index (χ1n) is 9.89. The van der Waals surface area contributed by atoms with Crippen LogP contribution in [0.2, 0.25) is 0 Å². The Hall–Kier alpha value is -2.91. The summed E-state index contributed by atoms with van der Waals surface area (Å²) in [4.78, 5) is 26.8. The van der Waals surface area contributed by atoms with Crippen LogP contribution in [0.15, 0.2) is 23.1 Å². The summed E-state index contributed by atoms with van der Waals surface area (Å²) in [5.41, 5.74) is -0.391. The summed E-state index contributed by atoms with van der Waals surface area (Å²) in [5.74, 6) is -1.11. The van der Waals surface area contributed by atoms with Gasteiger partial charge in [-0.15, -0.1) is 0 Å². The number of H-pyrrole nitrogens is 1. The van der Waals surface area contributed by atoms with Gasteiger partial charge in [-0.25, -0.2) is 9.18 Å². The summed E-state index contributed by atoms with van der Waals surface area (Å²) < 4.78 is 35.8. The first kappa shape index (κ1) is 24.4. The van der Waals surface area contributed by atoms with Crippen molar-refractivity contribution in [1.82, 2.24) is 10.3 Å². The standard InChI is InChI=1S/C22H29FN2O6/c1-13(2)24-11-14-9-18(31-8-6-7-28-3)17(29-4)10-15(14)20-19(23)21(26)16(12-25-20)22(27)30-5/h9-10,12-13,24H,6-8,11H2,1-5H3,(H,25,26). The van der Waals surface area contributed by atoms with E-state index < -0.39 is 22.8 Å². The van der Waals surface area contributed by atoms with Crippen LogP contribution >= 0.6 is 0 Å². The normalized spacial score (nSPS) is 10.9. The zero-order valence-corrected chi connectivity index (χ0v) is 18.5. The van der Waals surface area contributed by atoms with Crippen LogP contribution in [-0.4, -0.2) is 51.5 Å². The van der Waals surface area contributed by atoms with E-state index in [0.717, 1.165) is 13.3 Å². The van der Waals surface area contributed by atoms with Gasteiger partial charge >= 0.3 is 5.97 Å². The molecule has 0 aliphatic carbocycles. The maximum atomic E-state index is 15.0. The molecule has 0 saturated heterocycles. The number of ether oxygens (including phenoxy) is 4. The Labute approximate surface area is 180 Å². The van der Waals surface area contributed by atoms with E-state index in [0.29, 0.717) is 48.8 Å². The Morgan fingerprint density at radius 1 is 1.16 bits per heavy atom. The van der Waals surface area contributed by atoms with Crippen molar-refractivity contribution in [2.45, 2.75) is 32.9 Å². The van der Waals surface area contributed by atoms with Crippen LogP contribution in [0.3, 0.4) is 0 Å². The molecule has 9 heteroatoms. The molecule has 0 saturated carbocycles. The van der Waals surface area contributed by atoms with Crippen LogP contribution in [-0.2, 0) is 16.0 Å². The van der Waals surface area contributed by atoms with Crippen molar-refractivity contribution in [3.63, 3.8) is 0 Å². The predicted octanol–water partition coefficient (Wildman–Crippen LogP) is 2.89. The minimum atomic E-state index is -1.08. The van der Waals surface area contributed by atoms with Crippen molar-refractivity contribution in [1.29, 1.82) is 0 Å². The molecule has 0 amide bonds. The molecule has 0 fully saturated rings. The van der Waals surface area contributed by atoms with Crippen LogP contribution in [0, 0.1) is 5.82 Å². The molecule has 0 aliphatic rings. The second-order valence-electron chi connectivity index (χ2n) is 7.10. The summed E-state index contributed by atoms with van der Waals surface area (Å²) in [5, 5.41) is 3.28. The van der Waals surface area contributed by atoms with Crippen molar-refractivity contribution in [3.8, 4) is 22.8 Å². The molecule has 1 heterocycles. The highest BCUT2D eigenvalue weighted by Gasteiger charge is 2.22. The summed E-state index contributed by atoms with van der Waals surface area (Å²) >= 11 is 0. The molecule has 170 valence electrons. The third-order valence-corrected chi connectivity index (χ3v) is 4.54. The van der Waals surface area contributed by atoms with E-state index in [-0.39, 0.29) is 11.7 Å². The number of carbonyl (C=O) groups is 1. The van der Waals surface area contributed by atoms with Crippen LogP contribution in [0.4, 0.5) is 4.39 Å². The van der Waals surface area contributed by atoms with E-state index in [1.54, 1.807) is 19.2 Å². The van der Waals surface area contributed by atoms with Gasteiger partial charge in [-0.1, -0.05) is 13.8 Å². The minimum absolute atomic E-state index is 0.0533. The maximum Gasteiger partial charge on any atom is 0.343 e. The van der Waals surface area contributed by atoms with E-state index in [4.69, 9.17) is 14.2 Å². The Bertz CT molecular complexity index is 958. The number of pyridine rings is 1. The Kier molecular flexibility index (Phi) is 9.02. The number of rotatable bonds is 11. The first-order valence-corrected chi connectivity index (χ1v) is 9.89. The van der Waals surface area contributed by atoms with Crippen molar-refractivity contribution < 1.29 is 28.1 Å². The van der Waals surface area contributed by atoms with E-state index in [9.17, 15) is 14.0 Å². The Balaban J connectivity index is 2.55. The fourth-order valence-electron chi connectivity index (χ4n) is 2.92. The van der Waals surface area contributed by atoms with Gasteiger partial charge in [0.2, 0.25) is 5.43 Å². The number of aromatic amines is 1. The summed E-state index contributed by atoms with van der Waals surface area (Å²) in [6.07, 6.45) is 1.84. The number of hydrogen-bond donors (Lipinski definition) is 2. The molecule has 8 nitrogen and oxygen atoms in total. The maximum absolute atomic E-state index is 15.0. The number of benzene rings is 1. The van der Waals surface area contributed by atoms with Crippen LogP contribution < -0.4 is 20.2 Å². The fraction of sp³-hybridized carbons (Fsp3) is 0.455. The lowest BCUT2D eigenvalue weighted by Gasteiger charge is -2.18. The van der Waals surface area contributed by atoms with Crippen LogP contribution in [0.25, 0.3) is 11.3 Å². The van der Waals surface area contributed by atoms with E-state index in [2.05, 4.69) is 15.0 Å². The van der Waals surface area contributed by atoms with E-state index in [1.165, 1.54) is 7.11 Å². The van der Waals surface area contributed by atoms with Gasteiger partial charge < -0.3 is 29.2 Å². The molecular formula is C22H29FN2O6. The molecule has 1 aromatic carbocycles. The number of carbonyl (C=O) groups excluding carboxylic acids is 1. The van der Waals surface area contributed by atoms with Gasteiger partial charge in [0.1, 0.15) is 5.56 Å². The number of methoxy groups -OCH3 is 3. The Morgan fingerprint density at radius 2 is 1.90 bits per heavy atom. The van der Waals surface area contributed by atoms with Crippen molar-refractivity contribution >= 4 is 5.97 Å². The lowest BCUT2D eigenvalue weighted by Crippen LogP contribution is -2.23. The van der Waals surface area contributed by atoms with Crippen molar-refractivity contribution in [2.75, 3.05) is 34.5 Å². The van der Waals surface area contributed by atoms with Gasteiger partial charge in [-0.05, 0) is 17.7 Å². The molecule has 1 aromatic heterocycles. The van der Waals surface area contributed by atoms with Gasteiger partial charge in [0.15, 0.2) is 17.3 Å². The smallest absolute Gasteiger partial charge is 0.343 e. The zero-order chi connectivity index (χ0) is 23.0. The molecule has 2 rings (SSSR count). The summed E-state index contributed by atoms with van der Waals surface area (Å²) in [6.45, 7) is 5.34. The second-order valence-corrected chi connectivity index (χ2v) is 7.10. The van der Waals surface area contributed by atoms with E-state index in [1.807, 2.05) is 13.8 Å². The highest BCUT2D eigenvalue weighted by Crippen LogP contribution is 2.36. The lowest BCUT2D eigenvalue weighted by atomic mass is 10.0. The highest BCUT2D eigenvalue weighted by atomic mass is 19.1. The first-order chi connectivity index (χ1) is 14.8. The highest BCUT2D eigenvalue weighted by molar-refractivity contribution is 5.89. The molecular weight excluding hydrogens is 407 g/mol. The largest absolute Gasteiger partial charge is 0.493 e. The molecule has 0 radical (unpaired) electrons. The molecule has 0 unspecified atom stereocenters. The van der Waals surface area contributed by atoms with Gasteiger partial charge in [-0.2, -0.15) is 0 Å². The van der Waals surface area contributed by atoms with Gasteiger partial charge in [0.25, 0.3) is 0 Å².